The highest BCUT2D eigenvalue weighted by Gasteiger charge is 2.29. The molecule has 0 saturated carbocycles. The van der Waals surface area contributed by atoms with Gasteiger partial charge in [-0.25, -0.2) is 4.98 Å². The number of rotatable bonds is 5. The number of methoxy groups -OCH3 is 2. The predicted octanol–water partition coefficient (Wildman–Crippen LogP) is 8.28. The van der Waals surface area contributed by atoms with Gasteiger partial charge >= 0.3 is 12.0 Å². The van der Waals surface area contributed by atoms with E-state index >= 15 is 0 Å². The van der Waals surface area contributed by atoms with Crippen LogP contribution in [0.1, 0.15) is 12.8 Å². The molecule has 0 spiro atoms. The third-order valence-electron chi connectivity index (χ3n) is 9.31. The Bertz CT molecular complexity index is 2570. The molecule has 2 aliphatic heterocycles. The van der Waals surface area contributed by atoms with Gasteiger partial charge in [0.2, 0.25) is 5.95 Å². The maximum Gasteiger partial charge on any atom is 0.324 e. The average molecular weight is 739 g/mol. The molecular weight excluding hydrogens is 701 g/mol. The van der Waals surface area contributed by atoms with E-state index in [1.165, 1.54) is 37.8 Å². The smallest absolute Gasteiger partial charge is 0.324 e. The van der Waals surface area contributed by atoms with E-state index in [2.05, 4.69) is 123 Å². The third kappa shape index (κ3) is 6.35. The number of para-hydroxylation sites is 2. The van der Waals surface area contributed by atoms with Gasteiger partial charge in [-0.15, -0.1) is 4.98 Å². The Morgan fingerprint density at radius 3 is 1.85 bits per heavy atom. The molecule has 8 aromatic rings. The molecule has 1 fully saturated rings. The summed E-state index contributed by atoms with van der Waals surface area (Å²) in [4.78, 5) is 23.0. The third-order valence-corrected chi connectivity index (χ3v) is 10.4. The highest BCUT2D eigenvalue weighted by Crippen LogP contribution is 2.52. The first-order valence-corrected chi connectivity index (χ1v) is 18.0. The molecule has 1 saturated heterocycles. The summed E-state index contributed by atoms with van der Waals surface area (Å²) in [5.41, 5.74) is 6.00. The van der Waals surface area contributed by atoms with Crippen LogP contribution in [-0.4, -0.2) is 62.9 Å². The number of fused-ring (bicyclic) bond motifs is 8. The van der Waals surface area contributed by atoms with E-state index < -0.39 is 0 Å². The molecule has 4 heterocycles. The van der Waals surface area contributed by atoms with Gasteiger partial charge in [0.05, 0.1) is 36.6 Å². The second-order valence-corrected chi connectivity index (χ2v) is 13.5. The fourth-order valence-electron chi connectivity index (χ4n) is 6.96. The average Bonchev–Trinajstić information content (AvgIpc) is 3.93. The van der Waals surface area contributed by atoms with E-state index in [0.29, 0.717) is 5.95 Å². The van der Waals surface area contributed by atoms with E-state index in [9.17, 15) is 0 Å². The van der Waals surface area contributed by atoms with Gasteiger partial charge in [0.25, 0.3) is 0 Å². The van der Waals surface area contributed by atoms with Crippen molar-refractivity contribution in [3.8, 4) is 29.1 Å². The minimum atomic E-state index is 0. The van der Waals surface area contributed by atoms with Crippen LogP contribution in [0.15, 0.2) is 131 Å². The molecule has 0 bridgehead atoms. The first-order valence-electron chi connectivity index (χ1n) is 17.2. The summed E-state index contributed by atoms with van der Waals surface area (Å²) < 4.78 is 18.0. The van der Waals surface area contributed by atoms with Gasteiger partial charge in [-0.1, -0.05) is 90.6 Å². The van der Waals surface area contributed by atoms with Crippen molar-refractivity contribution < 1.29 is 25.2 Å². The Morgan fingerprint density at radius 1 is 0.593 bits per heavy atom. The molecular formula is C42H38N6O5S. The van der Waals surface area contributed by atoms with Crippen molar-refractivity contribution in [1.82, 2.24) is 24.5 Å². The highest BCUT2D eigenvalue weighted by molar-refractivity contribution is 7.99. The van der Waals surface area contributed by atoms with Crippen molar-refractivity contribution in [3.63, 3.8) is 0 Å². The number of aromatic nitrogens is 5. The molecule has 0 aliphatic carbocycles. The second-order valence-electron chi connectivity index (χ2n) is 12.4. The summed E-state index contributed by atoms with van der Waals surface area (Å²) in [6, 6.07) is 42.6. The molecule has 6 aromatic carbocycles. The quantitative estimate of drug-likeness (QED) is 0.159. The molecule has 0 unspecified atom stereocenters. The van der Waals surface area contributed by atoms with Crippen LogP contribution in [0.4, 0.5) is 17.3 Å². The molecule has 4 N–H and O–H groups in total. The molecule has 0 amide bonds. The van der Waals surface area contributed by atoms with Crippen LogP contribution in [0.25, 0.3) is 49.7 Å². The number of benzene rings is 6. The summed E-state index contributed by atoms with van der Waals surface area (Å²) in [5, 5.41) is 4.68. The fourth-order valence-corrected chi connectivity index (χ4v) is 8.06. The second kappa shape index (κ2) is 15.5. The van der Waals surface area contributed by atoms with Gasteiger partial charge in [0.1, 0.15) is 5.82 Å². The Hall–Kier alpha value is -6.05. The van der Waals surface area contributed by atoms with Crippen LogP contribution < -0.4 is 14.4 Å². The fraction of sp³-hybridized carbons (Fsp3) is 0.143. The lowest BCUT2D eigenvalue weighted by molar-refractivity contribution is 0.198. The largest absolute Gasteiger partial charge is 0.467 e. The lowest BCUT2D eigenvalue weighted by Crippen LogP contribution is -2.18. The summed E-state index contributed by atoms with van der Waals surface area (Å²) >= 11 is 1.71. The maximum absolute atomic E-state index is 5.43. The van der Waals surface area contributed by atoms with E-state index in [1.807, 2.05) is 23.1 Å². The highest BCUT2D eigenvalue weighted by atomic mass is 32.2. The molecule has 0 radical (unpaired) electrons. The van der Waals surface area contributed by atoms with Crippen LogP contribution >= 0.6 is 11.8 Å². The normalized spacial score (nSPS) is 13.0. The molecule has 272 valence electrons. The van der Waals surface area contributed by atoms with Crippen molar-refractivity contribution in [2.45, 2.75) is 22.6 Å². The van der Waals surface area contributed by atoms with Crippen LogP contribution in [0.3, 0.4) is 0 Å². The predicted molar refractivity (Wildman–Crippen MR) is 214 cm³/mol. The van der Waals surface area contributed by atoms with Gasteiger partial charge in [-0.2, -0.15) is 9.97 Å². The van der Waals surface area contributed by atoms with E-state index in [4.69, 9.17) is 19.2 Å². The zero-order valence-electron chi connectivity index (χ0n) is 29.7. The number of hydrogen-bond acceptors (Lipinski definition) is 9. The lowest BCUT2D eigenvalue weighted by Gasteiger charge is -2.31. The Balaban J connectivity index is 0.000000597. The van der Waals surface area contributed by atoms with Crippen LogP contribution in [0.5, 0.6) is 12.0 Å². The summed E-state index contributed by atoms with van der Waals surface area (Å²) in [6.07, 6.45) is 2.56. The molecule has 0 atom stereocenters. The first-order chi connectivity index (χ1) is 25.7. The van der Waals surface area contributed by atoms with Crippen LogP contribution in [0, 0.1) is 0 Å². The number of hydrogen-bond donors (Lipinski definition) is 0. The Labute approximate surface area is 315 Å². The zero-order valence-corrected chi connectivity index (χ0v) is 30.5. The van der Waals surface area contributed by atoms with Gasteiger partial charge in [-0.3, -0.25) is 9.47 Å². The van der Waals surface area contributed by atoms with Gasteiger partial charge < -0.3 is 25.2 Å². The van der Waals surface area contributed by atoms with Crippen molar-refractivity contribution in [1.29, 1.82) is 0 Å². The van der Waals surface area contributed by atoms with Crippen molar-refractivity contribution in [3.05, 3.63) is 121 Å². The van der Waals surface area contributed by atoms with E-state index in [0.717, 1.165) is 73.3 Å². The minimum Gasteiger partial charge on any atom is -0.467 e. The molecule has 10 rings (SSSR count). The molecule has 2 aliphatic rings. The molecule has 2 aromatic heterocycles. The SMILES string of the molecule is C1CCOC1.COc1nc(OC)nc(N2c3ccccc3Sc3cc(-c4nc5c6ccccc6c6ccccc6c5n4-c4ccccc4)ccc32)n1.O.O. The minimum absolute atomic E-state index is 0. The Kier molecular flexibility index (Phi) is 10.4. The topological polar surface area (TPSA) is 150 Å². The zero-order chi connectivity index (χ0) is 35.0. The van der Waals surface area contributed by atoms with Crippen molar-refractivity contribution in [2.75, 3.05) is 32.3 Å². The first kappa shape index (κ1) is 36.3. The van der Waals surface area contributed by atoms with Crippen LogP contribution in [-0.2, 0) is 4.74 Å². The van der Waals surface area contributed by atoms with E-state index in [1.54, 1.807) is 11.8 Å². The number of nitrogens with zero attached hydrogens (tertiary/aromatic N) is 6. The molecule has 12 heteroatoms. The van der Waals surface area contributed by atoms with Crippen molar-refractivity contribution in [2.24, 2.45) is 0 Å². The number of imidazole rings is 1. The van der Waals surface area contributed by atoms with Crippen molar-refractivity contribution >= 4 is 61.7 Å². The van der Waals surface area contributed by atoms with Gasteiger partial charge in [0.15, 0.2) is 0 Å². The monoisotopic (exact) mass is 738 g/mol. The van der Waals surface area contributed by atoms with Gasteiger partial charge in [-0.05, 0) is 66.1 Å². The maximum atomic E-state index is 5.43. The summed E-state index contributed by atoms with van der Waals surface area (Å²) in [5.74, 6) is 1.27. The van der Waals surface area contributed by atoms with Gasteiger partial charge in [0, 0.05) is 45.0 Å². The Morgan fingerprint density at radius 2 is 1.19 bits per heavy atom. The standard InChI is InChI=1S/C38H26N6O2S.C4H8O.2H2O/c1-45-37-40-36(41-38(42-37)46-2)44-29-18-10-11-19-31(29)47-32-22-23(20-21-30(32)44)35-39-33-27-16-8-6-14-25(27)26-15-7-9-17-28(26)34(33)43(35)24-12-4-3-5-13-24;1-2-4-5-3-1;;/h3-22H,1-2H3;1-4H2;2*1H2. The molecule has 54 heavy (non-hydrogen) atoms. The summed E-state index contributed by atoms with van der Waals surface area (Å²) in [7, 11) is 3.06. The lowest BCUT2D eigenvalue weighted by atomic mass is 10.00. The number of ether oxygens (including phenoxy) is 3. The number of anilines is 3. The summed E-state index contributed by atoms with van der Waals surface area (Å²) in [6.45, 7) is 2.00. The van der Waals surface area contributed by atoms with Crippen LogP contribution in [0.2, 0.25) is 0 Å². The molecule has 11 nitrogen and oxygen atoms in total. The van der Waals surface area contributed by atoms with E-state index in [-0.39, 0.29) is 23.0 Å².